The van der Waals surface area contributed by atoms with E-state index in [-0.39, 0.29) is 10.8 Å². The maximum absolute atomic E-state index is 12.8. The van der Waals surface area contributed by atoms with Gasteiger partial charge in [-0.1, -0.05) is 0 Å². The summed E-state index contributed by atoms with van der Waals surface area (Å²) >= 11 is 0. The van der Waals surface area contributed by atoms with E-state index in [2.05, 4.69) is 10.2 Å². The number of hydrogen-bond donors (Lipinski definition) is 0. The molecular weight excluding hydrogens is 356 g/mol. The van der Waals surface area contributed by atoms with E-state index in [0.29, 0.717) is 32.4 Å². The fraction of sp³-hybridized carbons (Fsp3) is 0.562. The number of rotatable bonds is 2. The van der Waals surface area contributed by atoms with Gasteiger partial charge >= 0.3 is 0 Å². The largest absolute Gasteiger partial charge is 0.300 e. The Hall–Kier alpha value is -2.20. The average Bonchev–Trinajstić information content (AvgIpc) is 3.20. The van der Waals surface area contributed by atoms with Gasteiger partial charge in [0.25, 0.3) is 0 Å². The van der Waals surface area contributed by atoms with Gasteiger partial charge in [-0.05, 0) is 19.8 Å². The van der Waals surface area contributed by atoms with Gasteiger partial charge in [0.05, 0.1) is 23.9 Å². The van der Waals surface area contributed by atoms with Crippen molar-refractivity contribution in [2.75, 3.05) is 25.0 Å². The lowest BCUT2D eigenvalue weighted by Gasteiger charge is -2.45. The van der Waals surface area contributed by atoms with E-state index in [1.165, 1.54) is 21.4 Å². The first-order valence-corrected chi connectivity index (χ1v) is 9.99. The maximum Gasteiger partial charge on any atom is 0.246 e. The number of anilines is 1. The monoisotopic (exact) mass is 378 g/mol. The van der Waals surface area contributed by atoms with Gasteiger partial charge in [0.2, 0.25) is 15.9 Å². The van der Waals surface area contributed by atoms with E-state index >= 15 is 0 Å². The minimum Gasteiger partial charge on any atom is -0.300 e. The molecular formula is C16H22N6O3S. The number of carbonyl (C=O) groups excluding carboxylic acids is 1. The first kappa shape index (κ1) is 17.2. The van der Waals surface area contributed by atoms with Crippen LogP contribution in [0.5, 0.6) is 0 Å². The zero-order valence-electron chi connectivity index (χ0n) is 15.1. The highest BCUT2D eigenvalue weighted by molar-refractivity contribution is 7.89. The molecule has 1 saturated heterocycles. The van der Waals surface area contributed by atoms with Crippen LogP contribution in [0.15, 0.2) is 23.4 Å². The summed E-state index contributed by atoms with van der Waals surface area (Å²) in [5.41, 5.74) is 0.403. The summed E-state index contributed by atoms with van der Waals surface area (Å²) < 4.78 is 30.5. The summed E-state index contributed by atoms with van der Waals surface area (Å²) in [4.78, 5) is 14.3. The fourth-order valence-electron chi connectivity index (χ4n) is 3.89. The zero-order valence-corrected chi connectivity index (χ0v) is 15.9. The number of nitrogens with zero attached hydrogens (tertiary/aromatic N) is 6. The van der Waals surface area contributed by atoms with Crippen molar-refractivity contribution in [3.63, 3.8) is 0 Å². The minimum absolute atomic E-state index is 0.0426. The molecule has 0 atom stereocenters. The first-order chi connectivity index (χ1) is 12.2. The molecule has 1 spiro atoms. The number of sulfonamides is 1. The van der Waals surface area contributed by atoms with Crippen molar-refractivity contribution in [1.82, 2.24) is 23.9 Å². The van der Waals surface area contributed by atoms with Crippen LogP contribution in [0.4, 0.5) is 5.82 Å². The van der Waals surface area contributed by atoms with E-state index in [0.717, 1.165) is 11.5 Å². The standard InChI is InChI=1S/C16H22N6O3S/c1-12-8-14-20(3)15(23)9-16(22(14)18-12)4-6-21(7-5-16)26(24,25)13-10-17-19(2)11-13/h8,10-11H,4-7,9H2,1-3H3. The van der Waals surface area contributed by atoms with Gasteiger partial charge in [-0.25, -0.2) is 13.1 Å². The first-order valence-electron chi connectivity index (χ1n) is 8.55. The SMILES string of the molecule is Cc1cc2n(n1)C1(CCN(S(=O)(=O)c3cnn(C)c3)CC1)CC(=O)N2C. The summed E-state index contributed by atoms with van der Waals surface area (Å²) in [6.45, 7) is 2.61. The number of amides is 1. The number of piperidine rings is 1. The Bertz CT molecular complexity index is 968. The fourth-order valence-corrected chi connectivity index (χ4v) is 5.32. The Morgan fingerprint density at radius 2 is 1.88 bits per heavy atom. The molecule has 4 heterocycles. The lowest BCUT2D eigenvalue weighted by Crippen LogP contribution is -2.54. The third kappa shape index (κ3) is 2.47. The Morgan fingerprint density at radius 1 is 1.19 bits per heavy atom. The van der Waals surface area contributed by atoms with Crippen LogP contribution in [0.2, 0.25) is 0 Å². The zero-order chi connectivity index (χ0) is 18.7. The molecule has 0 bridgehead atoms. The van der Waals surface area contributed by atoms with Crippen LogP contribution < -0.4 is 4.90 Å². The number of aryl methyl sites for hydroxylation is 2. The van der Waals surface area contributed by atoms with Crippen LogP contribution in [-0.4, -0.2) is 58.3 Å². The predicted octanol–water partition coefficient (Wildman–Crippen LogP) is 0.472. The molecule has 2 aliphatic rings. The highest BCUT2D eigenvalue weighted by Crippen LogP contribution is 2.41. The Labute approximate surface area is 152 Å². The van der Waals surface area contributed by atoms with Crippen LogP contribution in [0.1, 0.15) is 25.0 Å². The molecule has 140 valence electrons. The van der Waals surface area contributed by atoms with Gasteiger partial charge in [0.15, 0.2) is 0 Å². The van der Waals surface area contributed by atoms with Gasteiger partial charge in [-0.3, -0.25) is 9.48 Å². The molecule has 4 rings (SSSR count). The van der Waals surface area contributed by atoms with Crippen molar-refractivity contribution >= 4 is 21.7 Å². The molecule has 0 radical (unpaired) electrons. The lowest BCUT2D eigenvalue weighted by molar-refractivity contribution is -0.122. The number of carbonyl (C=O) groups is 1. The maximum atomic E-state index is 12.8. The number of hydrogen-bond acceptors (Lipinski definition) is 5. The molecule has 1 fully saturated rings. The third-order valence-electron chi connectivity index (χ3n) is 5.43. The predicted molar refractivity (Wildman–Crippen MR) is 94.2 cm³/mol. The Kier molecular flexibility index (Phi) is 3.74. The van der Waals surface area contributed by atoms with E-state index < -0.39 is 15.6 Å². The summed E-state index contributed by atoms with van der Waals surface area (Å²) in [5, 5.41) is 8.56. The second kappa shape index (κ2) is 5.65. The molecule has 9 nitrogen and oxygen atoms in total. The van der Waals surface area contributed by atoms with E-state index in [9.17, 15) is 13.2 Å². The van der Waals surface area contributed by atoms with Crippen molar-refractivity contribution in [3.8, 4) is 0 Å². The van der Waals surface area contributed by atoms with Crippen LogP contribution in [0, 0.1) is 6.92 Å². The van der Waals surface area contributed by atoms with Crippen molar-refractivity contribution in [2.45, 2.75) is 36.6 Å². The van der Waals surface area contributed by atoms with Crippen LogP contribution in [0.25, 0.3) is 0 Å². The Morgan fingerprint density at radius 3 is 2.50 bits per heavy atom. The highest BCUT2D eigenvalue weighted by atomic mass is 32.2. The lowest BCUT2D eigenvalue weighted by atomic mass is 9.83. The smallest absolute Gasteiger partial charge is 0.246 e. The number of fused-ring (bicyclic) bond motifs is 2. The topological polar surface area (TPSA) is 93.3 Å². The molecule has 2 aromatic heterocycles. The molecule has 0 aromatic carbocycles. The molecule has 0 N–H and O–H groups in total. The minimum atomic E-state index is -3.57. The molecule has 0 saturated carbocycles. The van der Waals surface area contributed by atoms with E-state index in [1.54, 1.807) is 19.0 Å². The summed E-state index contributed by atoms with van der Waals surface area (Å²) in [6, 6.07) is 1.90. The highest BCUT2D eigenvalue weighted by Gasteiger charge is 2.47. The van der Waals surface area contributed by atoms with Crippen LogP contribution in [-0.2, 0) is 27.4 Å². The summed E-state index contributed by atoms with van der Waals surface area (Å²) in [6.07, 6.45) is 4.33. The van der Waals surface area contributed by atoms with Gasteiger partial charge in [-0.2, -0.15) is 14.5 Å². The number of aromatic nitrogens is 4. The van der Waals surface area contributed by atoms with Crippen molar-refractivity contribution in [1.29, 1.82) is 0 Å². The molecule has 0 unspecified atom stereocenters. The normalized spacial score (nSPS) is 20.6. The average molecular weight is 378 g/mol. The van der Waals surface area contributed by atoms with E-state index in [1.807, 2.05) is 17.7 Å². The third-order valence-corrected chi connectivity index (χ3v) is 7.28. The van der Waals surface area contributed by atoms with Gasteiger partial charge < -0.3 is 4.90 Å². The van der Waals surface area contributed by atoms with Crippen molar-refractivity contribution in [3.05, 3.63) is 24.2 Å². The molecule has 2 aromatic rings. The molecule has 10 heteroatoms. The van der Waals surface area contributed by atoms with Gasteiger partial charge in [0, 0.05) is 39.4 Å². The summed E-state index contributed by atoms with van der Waals surface area (Å²) in [5.74, 6) is 0.822. The Balaban J connectivity index is 1.62. The van der Waals surface area contributed by atoms with E-state index in [4.69, 9.17) is 0 Å². The van der Waals surface area contributed by atoms with Gasteiger partial charge in [-0.15, -0.1) is 0 Å². The van der Waals surface area contributed by atoms with Gasteiger partial charge in [0.1, 0.15) is 10.7 Å². The molecule has 1 amide bonds. The quantitative estimate of drug-likeness (QED) is 0.757. The van der Waals surface area contributed by atoms with Crippen molar-refractivity contribution in [2.24, 2.45) is 7.05 Å². The summed E-state index contributed by atoms with van der Waals surface area (Å²) in [7, 11) is -0.123. The molecule has 26 heavy (non-hydrogen) atoms. The molecule has 2 aliphatic heterocycles. The second-order valence-corrected chi connectivity index (χ2v) is 9.10. The van der Waals surface area contributed by atoms with Crippen LogP contribution in [0.3, 0.4) is 0 Å². The molecule has 0 aliphatic carbocycles. The van der Waals surface area contributed by atoms with Crippen molar-refractivity contribution < 1.29 is 13.2 Å². The van der Waals surface area contributed by atoms with Crippen LogP contribution >= 0.6 is 0 Å². The second-order valence-electron chi connectivity index (χ2n) is 7.16.